The molecule has 0 radical (unpaired) electrons. The number of hydrogen-bond acceptors (Lipinski definition) is 5. The molecule has 0 atom stereocenters. The molecule has 0 aromatic carbocycles. The van der Waals surface area contributed by atoms with Gasteiger partial charge in [-0.25, -0.2) is 0 Å². The Balaban J connectivity index is 1.42. The van der Waals surface area contributed by atoms with Crippen molar-refractivity contribution in [3.63, 3.8) is 0 Å². The van der Waals surface area contributed by atoms with E-state index in [9.17, 15) is 4.79 Å². The minimum atomic E-state index is -0.0353. The number of amides is 1. The molecule has 7 nitrogen and oxygen atoms in total. The van der Waals surface area contributed by atoms with Crippen LogP contribution in [0.15, 0.2) is 10.7 Å². The van der Waals surface area contributed by atoms with Gasteiger partial charge in [-0.2, -0.15) is 14.6 Å². The fourth-order valence-corrected chi connectivity index (χ4v) is 3.85. The smallest absolute Gasteiger partial charge is 0.325 e. The fraction of sp³-hybridized carbons (Fsp3) is 0.688. The monoisotopic (exact) mass is 317 g/mol. The second-order valence-corrected chi connectivity index (χ2v) is 6.59. The summed E-state index contributed by atoms with van der Waals surface area (Å²) in [5.41, 5.74) is 0.723. The molecule has 0 N–H and O–H groups in total. The van der Waals surface area contributed by atoms with Crippen molar-refractivity contribution in [1.82, 2.24) is 24.4 Å². The summed E-state index contributed by atoms with van der Waals surface area (Å²) < 4.78 is 7.16. The zero-order valence-corrected chi connectivity index (χ0v) is 13.6. The van der Waals surface area contributed by atoms with E-state index >= 15 is 0 Å². The Morgan fingerprint density at radius 1 is 1.17 bits per heavy atom. The lowest BCUT2D eigenvalue weighted by molar-refractivity contribution is 0.0563. The number of aromatic nitrogens is 3. The number of carbonyl (C=O) groups excluding carboxylic acids is 1. The highest BCUT2D eigenvalue weighted by molar-refractivity contribution is 5.93. The van der Waals surface area contributed by atoms with Gasteiger partial charge in [-0.15, -0.1) is 0 Å². The first-order valence-corrected chi connectivity index (χ1v) is 8.56. The summed E-state index contributed by atoms with van der Waals surface area (Å²) in [7, 11) is 0. The van der Waals surface area contributed by atoms with Gasteiger partial charge in [0.2, 0.25) is 5.76 Å². The third kappa shape index (κ3) is 2.63. The maximum atomic E-state index is 12.7. The van der Waals surface area contributed by atoms with Crippen molar-refractivity contribution in [2.75, 3.05) is 26.2 Å². The highest BCUT2D eigenvalue weighted by atomic mass is 16.4. The first-order chi connectivity index (χ1) is 11.2. The van der Waals surface area contributed by atoms with Crippen LogP contribution in [0.5, 0.6) is 0 Å². The Hall–Kier alpha value is -1.89. The number of oxazole rings is 1. The lowest BCUT2D eigenvalue weighted by Crippen LogP contribution is -2.48. The molecule has 4 rings (SSSR count). The zero-order valence-electron chi connectivity index (χ0n) is 13.6. The van der Waals surface area contributed by atoms with Crippen molar-refractivity contribution >= 4 is 11.8 Å². The molecule has 2 saturated heterocycles. The van der Waals surface area contributed by atoms with E-state index in [1.807, 2.05) is 11.8 Å². The summed E-state index contributed by atoms with van der Waals surface area (Å²) >= 11 is 0. The average Bonchev–Trinajstić information content (AvgIpc) is 3.18. The summed E-state index contributed by atoms with van der Waals surface area (Å²) in [4.78, 5) is 21.3. The molecule has 2 aromatic heterocycles. The quantitative estimate of drug-likeness (QED) is 0.844. The zero-order chi connectivity index (χ0) is 15.8. The van der Waals surface area contributed by atoms with Gasteiger partial charge in [0.1, 0.15) is 6.33 Å². The maximum Gasteiger partial charge on any atom is 0.325 e. The van der Waals surface area contributed by atoms with Crippen LogP contribution in [0.1, 0.15) is 48.4 Å². The predicted octanol–water partition coefficient (Wildman–Crippen LogP) is 1.72. The second kappa shape index (κ2) is 5.96. The van der Waals surface area contributed by atoms with Gasteiger partial charge in [0.15, 0.2) is 0 Å². The molecule has 2 aliphatic heterocycles. The van der Waals surface area contributed by atoms with Crippen LogP contribution < -0.4 is 0 Å². The molecule has 7 heteroatoms. The minimum absolute atomic E-state index is 0.0353. The molecule has 2 fully saturated rings. The van der Waals surface area contributed by atoms with Crippen molar-refractivity contribution in [3.8, 4) is 0 Å². The molecule has 1 amide bonds. The van der Waals surface area contributed by atoms with Crippen molar-refractivity contribution < 1.29 is 9.21 Å². The molecule has 0 saturated carbocycles. The van der Waals surface area contributed by atoms with Crippen molar-refractivity contribution in [3.05, 3.63) is 17.8 Å². The van der Waals surface area contributed by atoms with Gasteiger partial charge in [0.05, 0.1) is 5.69 Å². The summed E-state index contributed by atoms with van der Waals surface area (Å²) in [6.45, 7) is 5.89. The van der Waals surface area contributed by atoms with E-state index in [0.717, 1.165) is 31.6 Å². The lowest BCUT2D eigenvalue weighted by atomic mass is 9.99. The third-order valence-corrected chi connectivity index (χ3v) is 5.21. The van der Waals surface area contributed by atoms with Gasteiger partial charge in [0.25, 0.3) is 5.91 Å². The van der Waals surface area contributed by atoms with E-state index in [4.69, 9.17) is 4.42 Å². The van der Waals surface area contributed by atoms with Crippen LogP contribution in [0, 0.1) is 6.92 Å². The second-order valence-electron chi connectivity index (χ2n) is 6.59. The molecule has 4 heterocycles. The summed E-state index contributed by atoms with van der Waals surface area (Å²) in [6, 6.07) is 0.635. The van der Waals surface area contributed by atoms with Gasteiger partial charge in [-0.3, -0.25) is 4.79 Å². The molecule has 0 bridgehead atoms. The van der Waals surface area contributed by atoms with E-state index in [2.05, 4.69) is 15.0 Å². The predicted molar refractivity (Wildman–Crippen MR) is 84.3 cm³/mol. The number of piperidine rings is 2. The van der Waals surface area contributed by atoms with Crippen LogP contribution in [-0.2, 0) is 0 Å². The molecule has 2 aliphatic rings. The highest BCUT2D eigenvalue weighted by Crippen LogP contribution is 2.23. The maximum absolute atomic E-state index is 12.7. The topological polar surface area (TPSA) is 66.9 Å². The van der Waals surface area contributed by atoms with Crippen LogP contribution in [0.4, 0.5) is 0 Å². The molecule has 0 aliphatic carbocycles. The van der Waals surface area contributed by atoms with Crippen LogP contribution in [0.2, 0.25) is 0 Å². The van der Waals surface area contributed by atoms with E-state index in [1.54, 1.807) is 4.52 Å². The van der Waals surface area contributed by atoms with Gasteiger partial charge in [-0.1, -0.05) is 6.42 Å². The van der Waals surface area contributed by atoms with E-state index in [0.29, 0.717) is 17.6 Å². The molecule has 124 valence electrons. The Bertz CT molecular complexity index is 692. The summed E-state index contributed by atoms with van der Waals surface area (Å²) in [5, 5.41) is 4.07. The fourth-order valence-electron chi connectivity index (χ4n) is 3.85. The number of rotatable bonds is 2. The first-order valence-electron chi connectivity index (χ1n) is 8.56. The molecule has 0 spiro atoms. The number of likely N-dealkylation sites (tertiary alicyclic amines) is 2. The molecular weight excluding hydrogens is 294 g/mol. The molecule has 2 aromatic rings. The van der Waals surface area contributed by atoms with Crippen molar-refractivity contribution in [2.45, 2.75) is 45.1 Å². The van der Waals surface area contributed by atoms with Crippen LogP contribution >= 0.6 is 0 Å². The van der Waals surface area contributed by atoms with Gasteiger partial charge >= 0.3 is 5.84 Å². The van der Waals surface area contributed by atoms with Crippen LogP contribution in [0.3, 0.4) is 0 Å². The molecule has 23 heavy (non-hydrogen) atoms. The average molecular weight is 317 g/mol. The summed E-state index contributed by atoms with van der Waals surface area (Å²) in [5.74, 6) is 0.720. The minimum Gasteiger partial charge on any atom is -0.416 e. The number of fused-ring (bicyclic) bond motifs is 1. The van der Waals surface area contributed by atoms with Crippen molar-refractivity contribution in [2.24, 2.45) is 0 Å². The molecular formula is C16H23N5O2. The number of aryl methyl sites for hydroxylation is 1. The number of hydrogen-bond donors (Lipinski definition) is 0. The number of nitrogens with zero attached hydrogens (tertiary/aromatic N) is 5. The van der Waals surface area contributed by atoms with E-state index in [-0.39, 0.29) is 5.91 Å². The van der Waals surface area contributed by atoms with Gasteiger partial charge in [0, 0.05) is 19.1 Å². The van der Waals surface area contributed by atoms with Gasteiger partial charge in [-0.05, 0) is 45.7 Å². The van der Waals surface area contributed by atoms with Crippen LogP contribution in [-0.4, -0.2) is 62.5 Å². The van der Waals surface area contributed by atoms with Gasteiger partial charge < -0.3 is 14.2 Å². The Morgan fingerprint density at radius 2 is 1.91 bits per heavy atom. The normalized spacial score (nSPS) is 21.2. The van der Waals surface area contributed by atoms with E-state index < -0.39 is 0 Å². The Labute approximate surface area is 135 Å². The van der Waals surface area contributed by atoms with Crippen molar-refractivity contribution in [1.29, 1.82) is 0 Å². The Kier molecular flexibility index (Phi) is 3.80. The first kappa shape index (κ1) is 14.7. The Morgan fingerprint density at radius 3 is 2.61 bits per heavy atom. The SMILES string of the molecule is Cc1c(C(=O)N2CCC(N3CCCCC3)CC2)oc2ncnn12. The standard InChI is InChI=1S/C16H23N5O2/c1-12-14(23-16-17-11-18-21(12)16)15(22)20-9-5-13(6-10-20)19-7-3-2-4-8-19/h11,13H,2-10H2,1H3. The van der Waals surface area contributed by atoms with E-state index in [1.165, 1.54) is 38.7 Å². The lowest BCUT2D eigenvalue weighted by Gasteiger charge is -2.40. The third-order valence-electron chi connectivity index (χ3n) is 5.21. The largest absolute Gasteiger partial charge is 0.416 e. The molecule has 0 unspecified atom stereocenters. The number of carbonyl (C=O) groups is 1. The highest BCUT2D eigenvalue weighted by Gasteiger charge is 2.30. The summed E-state index contributed by atoms with van der Waals surface area (Å²) in [6.07, 6.45) is 7.54. The van der Waals surface area contributed by atoms with Crippen LogP contribution in [0.25, 0.3) is 5.84 Å².